The first-order chi connectivity index (χ1) is 13.0. The first kappa shape index (κ1) is 22.0. The van der Waals surface area contributed by atoms with Crippen molar-refractivity contribution in [2.24, 2.45) is 5.73 Å². The van der Waals surface area contributed by atoms with Gasteiger partial charge in [-0.15, -0.1) is 0 Å². The van der Waals surface area contributed by atoms with E-state index in [0.717, 1.165) is 17.4 Å². The molecule has 2 rings (SSSR count). The fourth-order valence-electron chi connectivity index (χ4n) is 2.25. The summed E-state index contributed by atoms with van der Waals surface area (Å²) in [5.74, 6) is 1.80. The number of rotatable bonds is 7. The summed E-state index contributed by atoms with van der Waals surface area (Å²) in [6, 6.07) is 12.5. The third kappa shape index (κ3) is 6.63. The van der Waals surface area contributed by atoms with Gasteiger partial charge in [0.2, 0.25) is 0 Å². The Morgan fingerprint density at radius 3 is 2.22 bits per heavy atom. The average Bonchev–Trinajstić information content (AvgIpc) is 2.71. The maximum Gasteiger partial charge on any atom is 0.257 e. The number of methoxy groups -OCH3 is 2. The molecule has 0 aliphatic heterocycles. The van der Waals surface area contributed by atoms with Crippen LogP contribution in [0.4, 0.5) is 0 Å². The molecule has 1 unspecified atom stereocenters. The second-order valence-corrected chi connectivity index (χ2v) is 5.35. The summed E-state index contributed by atoms with van der Waals surface area (Å²) in [6.07, 6.45) is 0.750. The summed E-state index contributed by atoms with van der Waals surface area (Å²) in [6.45, 7) is 1.42. The van der Waals surface area contributed by atoms with Gasteiger partial charge < -0.3 is 30.1 Å². The van der Waals surface area contributed by atoms with Crippen molar-refractivity contribution in [2.75, 3.05) is 27.9 Å². The molecule has 1 atom stereocenters. The molecule has 0 radical (unpaired) electrons. The van der Waals surface area contributed by atoms with Gasteiger partial charge in [0.25, 0.3) is 5.91 Å². The summed E-state index contributed by atoms with van der Waals surface area (Å²) < 4.78 is 16.0. The van der Waals surface area contributed by atoms with Crippen molar-refractivity contribution < 1.29 is 23.8 Å². The summed E-state index contributed by atoms with van der Waals surface area (Å²) >= 11 is 0. The summed E-state index contributed by atoms with van der Waals surface area (Å²) in [5.41, 5.74) is 8.12. The number of hydrogen-bond donors (Lipinski definition) is 2. The third-order valence-electron chi connectivity index (χ3n) is 3.66. The second-order valence-electron chi connectivity index (χ2n) is 5.35. The maximum atomic E-state index is 11.2. The van der Waals surface area contributed by atoms with Crippen LogP contribution in [-0.2, 0) is 9.59 Å². The SMILES string of the molecule is CC=O.CNC(=O)COc1ccc(C(N)c2ccc(OC)cc2OC)cc1. The van der Waals surface area contributed by atoms with Crippen molar-refractivity contribution in [3.05, 3.63) is 53.6 Å². The Kier molecular flexibility index (Phi) is 9.39. The smallest absolute Gasteiger partial charge is 0.257 e. The van der Waals surface area contributed by atoms with Crippen molar-refractivity contribution in [1.82, 2.24) is 5.32 Å². The molecule has 0 aliphatic carbocycles. The Morgan fingerprint density at radius 2 is 1.70 bits per heavy atom. The highest BCUT2D eigenvalue weighted by Gasteiger charge is 2.15. The molecule has 146 valence electrons. The number of hydrogen-bond acceptors (Lipinski definition) is 6. The fraction of sp³-hybridized carbons (Fsp3) is 0.300. The molecule has 7 nitrogen and oxygen atoms in total. The highest BCUT2D eigenvalue weighted by molar-refractivity contribution is 5.77. The van der Waals surface area contributed by atoms with E-state index in [1.165, 1.54) is 6.92 Å². The molecular formula is C20H26N2O5. The van der Waals surface area contributed by atoms with Crippen LogP contribution in [0.15, 0.2) is 42.5 Å². The lowest BCUT2D eigenvalue weighted by Crippen LogP contribution is -2.24. The molecule has 0 fully saturated rings. The minimum absolute atomic E-state index is 0.0196. The molecule has 0 aromatic heterocycles. The van der Waals surface area contributed by atoms with Gasteiger partial charge >= 0.3 is 0 Å². The maximum absolute atomic E-state index is 11.2. The number of nitrogens with two attached hydrogens (primary N) is 1. The summed E-state index contributed by atoms with van der Waals surface area (Å²) in [4.78, 5) is 20.0. The van der Waals surface area contributed by atoms with E-state index in [-0.39, 0.29) is 18.6 Å². The van der Waals surface area contributed by atoms with Gasteiger partial charge in [0, 0.05) is 18.7 Å². The minimum Gasteiger partial charge on any atom is -0.497 e. The average molecular weight is 374 g/mol. The Labute approximate surface area is 159 Å². The lowest BCUT2D eigenvalue weighted by molar-refractivity contribution is -0.122. The number of nitrogens with one attached hydrogen (secondary N) is 1. The van der Waals surface area contributed by atoms with Gasteiger partial charge in [-0.2, -0.15) is 0 Å². The molecule has 27 heavy (non-hydrogen) atoms. The van der Waals surface area contributed by atoms with E-state index in [0.29, 0.717) is 17.2 Å². The van der Waals surface area contributed by atoms with Crippen LogP contribution in [0.25, 0.3) is 0 Å². The fourth-order valence-corrected chi connectivity index (χ4v) is 2.25. The molecule has 7 heteroatoms. The van der Waals surface area contributed by atoms with Gasteiger partial charge in [-0.3, -0.25) is 4.79 Å². The molecule has 0 spiro atoms. The Morgan fingerprint density at radius 1 is 1.11 bits per heavy atom. The van der Waals surface area contributed by atoms with Crippen LogP contribution in [0.5, 0.6) is 17.2 Å². The summed E-state index contributed by atoms with van der Waals surface area (Å²) in [7, 11) is 4.77. The number of likely N-dealkylation sites (N-methyl/N-ethyl adjacent to an activating group) is 1. The largest absolute Gasteiger partial charge is 0.497 e. The Hall–Kier alpha value is -3.06. The number of amides is 1. The van der Waals surface area contributed by atoms with E-state index in [9.17, 15) is 4.79 Å². The first-order valence-electron chi connectivity index (χ1n) is 8.31. The predicted octanol–water partition coefficient (Wildman–Crippen LogP) is 2.08. The monoisotopic (exact) mass is 374 g/mol. The van der Waals surface area contributed by atoms with Gasteiger partial charge in [-0.1, -0.05) is 12.1 Å². The van der Waals surface area contributed by atoms with Crippen LogP contribution in [0.3, 0.4) is 0 Å². The molecule has 0 saturated heterocycles. The number of carbonyl (C=O) groups is 2. The van der Waals surface area contributed by atoms with E-state index in [1.807, 2.05) is 24.3 Å². The van der Waals surface area contributed by atoms with Crippen LogP contribution in [0, 0.1) is 0 Å². The number of ether oxygens (including phenoxy) is 3. The van der Waals surface area contributed by atoms with Crippen LogP contribution in [0.2, 0.25) is 0 Å². The second kappa shape index (κ2) is 11.5. The van der Waals surface area contributed by atoms with E-state index in [2.05, 4.69) is 5.32 Å². The number of carbonyl (C=O) groups excluding carboxylic acids is 2. The van der Waals surface area contributed by atoms with E-state index in [1.54, 1.807) is 39.5 Å². The normalized spacial score (nSPS) is 10.7. The van der Waals surface area contributed by atoms with Gasteiger partial charge in [-0.05, 0) is 36.8 Å². The zero-order chi connectivity index (χ0) is 20.2. The minimum atomic E-state index is -0.348. The standard InChI is InChI=1S/C18H22N2O4.C2H4O/c1-20-17(21)11-24-13-6-4-12(5-7-13)18(19)15-9-8-14(22-2)10-16(15)23-3;1-2-3/h4-10,18H,11,19H2,1-3H3,(H,20,21);2H,1H3. The van der Waals surface area contributed by atoms with Gasteiger partial charge in [0.15, 0.2) is 6.61 Å². The molecule has 1 amide bonds. The highest BCUT2D eigenvalue weighted by Crippen LogP contribution is 2.32. The van der Waals surface area contributed by atoms with Gasteiger partial charge in [0.1, 0.15) is 23.5 Å². The molecule has 0 aliphatic rings. The first-order valence-corrected chi connectivity index (χ1v) is 8.31. The number of benzene rings is 2. The van der Waals surface area contributed by atoms with E-state index >= 15 is 0 Å². The highest BCUT2D eigenvalue weighted by atomic mass is 16.5. The third-order valence-corrected chi connectivity index (χ3v) is 3.66. The van der Waals surface area contributed by atoms with Crippen molar-refractivity contribution in [3.8, 4) is 17.2 Å². The van der Waals surface area contributed by atoms with Crippen molar-refractivity contribution in [2.45, 2.75) is 13.0 Å². The molecular weight excluding hydrogens is 348 g/mol. The van der Waals surface area contributed by atoms with Crippen LogP contribution >= 0.6 is 0 Å². The Balaban J connectivity index is 0.00000114. The van der Waals surface area contributed by atoms with Crippen molar-refractivity contribution >= 4 is 12.2 Å². The molecule has 2 aromatic carbocycles. The van der Waals surface area contributed by atoms with Crippen LogP contribution < -0.4 is 25.3 Å². The van der Waals surface area contributed by atoms with E-state index < -0.39 is 0 Å². The topological polar surface area (TPSA) is 99.9 Å². The molecule has 2 aromatic rings. The van der Waals surface area contributed by atoms with Gasteiger partial charge in [-0.25, -0.2) is 0 Å². The van der Waals surface area contributed by atoms with Crippen molar-refractivity contribution in [1.29, 1.82) is 0 Å². The lowest BCUT2D eigenvalue weighted by atomic mass is 9.98. The predicted molar refractivity (Wildman–Crippen MR) is 103 cm³/mol. The summed E-state index contributed by atoms with van der Waals surface area (Å²) in [5, 5.41) is 2.50. The zero-order valence-electron chi connectivity index (χ0n) is 16.0. The van der Waals surface area contributed by atoms with Crippen LogP contribution in [0.1, 0.15) is 24.1 Å². The van der Waals surface area contributed by atoms with Gasteiger partial charge in [0.05, 0.1) is 20.3 Å². The van der Waals surface area contributed by atoms with Crippen LogP contribution in [-0.4, -0.2) is 40.1 Å². The molecule has 0 saturated carbocycles. The zero-order valence-corrected chi connectivity index (χ0v) is 16.0. The molecule has 0 heterocycles. The Bertz CT molecular complexity index is 732. The lowest BCUT2D eigenvalue weighted by Gasteiger charge is -2.17. The molecule has 0 bridgehead atoms. The van der Waals surface area contributed by atoms with E-state index in [4.69, 9.17) is 24.7 Å². The van der Waals surface area contributed by atoms with Crippen molar-refractivity contribution in [3.63, 3.8) is 0 Å². The molecule has 3 N–H and O–H groups in total. The quantitative estimate of drug-likeness (QED) is 0.720. The number of aldehydes is 1.